The van der Waals surface area contributed by atoms with Crippen LogP contribution >= 0.6 is 0 Å². The fraction of sp³-hybridized carbons (Fsp3) is 0.133. The summed E-state index contributed by atoms with van der Waals surface area (Å²) < 4.78 is 5.47. The molecular formula is C15H12N2O3. The standard InChI is InChI=1S/C15H12N2O3/c16-8-7-11-3-5-13(6-4-11)20-14(15(18)19)12-2-1-9-17-10-12/h1-6,9-10,14H,7H2,(H,18,19). The Morgan fingerprint density at radius 2 is 2.10 bits per heavy atom. The van der Waals surface area contributed by atoms with E-state index < -0.39 is 12.1 Å². The zero-order valence-electron chi connectivity index (χ0n) is 10.6. The normalized spacial score (nSPS) is 11.3. The van der Waals surface area contributed by atoms with Crippen molar-refractivity contribution in [2.45, 2.75) is 12.5 Å². The molecule has 0 aliphatic carbocycles. The van der Waals surface area contributed by atoms with E-state index in [4.69, 9.17) is 10.00 Å². The number of hydrogen-bond donors (Lipinski definition) is 1. The van der Waals surface area contributed by atoms with Crippen LogP contribution in [0.1, 0.15) is 17.2 Å². The van der Waals surface area contributed by atoms with Crippen LogP contribution in [0.4, 0.5) is 0 Å². The average molecular weight is 268 g/mol. The number of pyridine rings is 1. The number of aromatic nitrogens is 1. The Kier molecular flexibility index (Phi) is 4.30. The lowest BCUT2D eigenvalue weighted by Gasteiger charge is -2.15. The van der Waals surface area contributed by atoms with Gasteiger partial charge in [0, 0.05) is 18.0 Å². The molecule has 1 aromatic heterocycles. The Hall–Kier alpha value is -2.87. The van der Waals surface area contributed by atoms with Gasteiger partial charge in [-0.15, -0.1) is 0 Å². The molecule has 0 amide bonds. The molecule has 0 saturated heterocycles. The second-order valence-electron chi connectivity index (χ2n) is 4.10. The summed E-state index contributed by atoms with van der Waals surface area (Å²) in [4.78, 5) is 15.2. The van der Waals surface area contributed by atoms with Crippen molar-refractivity contribution in [3.8, 4) is 11.8 Å². The van der Waals surface area contributed by atoms with E-state index >= 15 is 0 Å². The monoisotopic (exact) mass is 268 g/mol. The minimum Gasteiger partial charge on any atom is -0.478 e. The maximum atomic E-state index is 11.3. The summed E-state index contributed by atoms with van der Waals surface area (Å²) in [6.45, 7) is 0. The molecule has 1 unspecified atom stereocenters. The third-order valence-corrected chi connectivity index (χ3v) is 2.67. The molecule has 0 bridgehead atoms. The topological polar surface area (TPSA) is 83.2 Å². The van der Waals surface area contributed by atoms with Crippen molar-refractivity contribution in [3.63, 3.8) is 0 Å². The van der Waals surface area contributed by atoms with E-state index in [2.05, 4.69) is 4.98 Å². The van der Waals surface area contributed by atoms with E-state index in [0.717, 1.165) is 5.56 Å². The highest BCUT2D eigenvalue weighted by Gasteiger charge is 2.21. The number of ether oxygens (including phenoxy) is 1. The number of benzene rings is 1. The van der Waals surface area contributed by atoms with Crippen LogP contribution < -0.4 is 4.74 Å². The summed E-state index contributed by atoms with van der Waals surface area (Å²) in [6.07, 6.45) is 2.23. The number of aliphatic carboxylic acids is 1. The average Bonchev–Trinajstić information content (AvgIpc) is 2.47. The van der Waals surface area contributed by atoms with Gasteiger partial charge in [-0.3, -0.25) is 4.98 Å². The highest BCUT2D eigenvalue weighted by Crippen LogP contribution is 2.22. The van der Waals surface area contributed by atoms with E-state index in [-0.39, 0.29) is 0 Å². The lowest BCUT2D eigenvalue weighted by Crippen LogP contribution is -2.18. The van der Waals surface area contributed by atoms with Crippen molar-refractivity contribution in [3.05, 3.63) is 59.9 Å². The van der Waals surface area contributed by atoms with Gasteiger partial charge in [-0.05, 0) is 23.8 Å². The molecule has 2 rings (SSSR count). The Morgan fingerprint density at radius 1 is 1.35 bits per heavy atom. The Bertz CT molecular complexity index is 618. The number of nitrogens with zero attached hydrogens (tertiary/aromatic N) is 2. The molecule has 1 aromatic carbocycles. The summed E-state index contributed by atoms with van der Waals surface area (Å²) >= 11 is 0. The predicted octanol–water partition coefficient (Wildman–Crippen LogP) is 2.35. The Balaban J connectivity index is 2.17. The minimum atomic E-state index is -1.11. The van der Waals surface area contributed by atoms with Gasteiger partial charge in [0.25, 0.3) is 0 Å². The highest BCUT2D eigenvalue weighted by atomic mass is 16.5. The van der Waals surface area contributed by atoms with Gasteiger partial charge in [-0.2, -0.15) is 5.26 Å². The molecule has 0 aliphatic rings. The van der Waals surface area contributed by atoms with Gasteiger partial charge in [-0.1, -0.05) is 18.2 Å². The third kappa shape index (κ3) is 3.33. The molecule has 0 radical (unpaired) electrons. The van der Waals surface area contributed by atoms with E-state index in [1.807, 2.05) is 6.07 Å². The van der Waals surface area contributed by atoms with E-state index in [9.17, 15) is 9.90 Å². The fourth-order valence-corrected chi connectivity index (χ4v) is 1.71. The molecule has 1 atom stereocenters. The third-order valence-electron chi connectivity index (χ3n) is 2.67. The Morgan fingerprint density at radius 3 is 2.65 bits per heavy atom. The number of carboxylic acid groups (broad SMARTS) is 1. The van der Waals surface area contributed by atoms with Crippen LogP contribution in [0.15, 0.2) is 48.8 Å². The number of carboxylic acids is 1. The number of hydrogen-bond acceptors (Lipinski definition) is 4. The maximum Gasteiger partial charge on any atom is 0.349 e. The van der Waals surface area contributed by atoms with E-state index in [1.165, 1.54) is 6.20 Å². The first kappa shape index (κ1) is 13.6. The van der Waals surface area contributed by atoms with Crippen molar-refractivity contribution < 1.29 is 14.6 Å². The van der Waals surface area contributed by atoms with Crippen molar-refractivity contribution in [2.75, 3.05) is 0 Å². The summed E-state index contributed by atoms with van der Waals surface area (Å²) in [5, 5.41) is 17.8. The molecule has 1 heterocycles. The van der Waals surface area contributed by atoms with E-state index in [0.29, 0.717) is 17.7 Å². The van der Waals surface area contributed by atoms with Crippen molar-refractivity contribution in [1.82, 2.24) is 4.98 Å². The molecule has 0 aliphatic heterocycles. The smallest absolute Gasteiger partial charge is 0.349 e. The molecule has 1 N–H and O–H groups in total. The summed E-state index contributed by atoms with van der Waals surface area (Å²) in [7, 11) is 0. The van der Waals surface area contributed by atoms with Crippen LogP contribution in [0.5, 0.6) is 5.75 Å². The Labute approximate surface area is 116 Å². The lowest BCUT2D eigenvalue weighted by molar-refractivity contribution is -0.145. The van der Waals surface area contributed by atoms with Crippen LogP contribution in [0.3, 0.4) is 0 Å². The SMILES string of the molecule is N#CCc1ccc(OC(C(=O)O)c2cccnc2)cc1. The van der Waals surface area contributed by atoms with Crippen LogP contribution in [0.2, 0.25) is 0 Å². The first-order chi connectivity index (χ1) is 9.70. The van der Waals surface area contributed by atoms with Gasteiger partial charge in [0.05, 0.1) is 12.5 Å². The number of carbonyl (C=O) groups is 1. The minimum absolute atomic E-state index is 0.311. The molecule has 2 aromatic rings. The molecule has 20 heavy (non-hydrogen) atoms. The van der Waals surface area contributed by atoms with Gasteiger partial charge >= 0.3 is 5.97 Å². The first-order valence-electron chi connectivity index (χ1n) is 5.96. The fourth-order valence-electron chi connectivity index (χ4n) is 1.71. The highest BCUT2D eigenvalue weighted by molar-refractivity contribution is 5.74. The van der Waals surface area contributed by atoms with Crippen LogP contribution in [-0.2, 0) is 11.2 Å². The molecule has 100 valence electrons. The molecular weight excluding hydrogens is 256 g/mol. The van der Waals surface area contributed by atoms with Crippen LogP contribution in [0, 0.1) is 11.3 Å². The summed E-state index contributed by atoms with van der Waals surface area (Å²) in [6, 6.07) is 12.1. The molecule has 5 heteroatoms. The van der Waals surface area contributed by atoms with Gasteiger partial charge < -0.3 is 9.84 Å². The van der Waals surface area contributed by atoms with Gasteiger partial charge in [0.2, 0.25) is 6.10 Å². The molecule has 0 saturated carbocycles. The number of rotatable bonds is 5. The predicted molar refractivity (Wildman–Crippen MR) is 71.0 cm³/mol. The van der Waals surface area contributed by atoms with Gasteiger partial charge in [-0.25, -0.2) is 4.79 Å². The van der Waals surface area contributed by atoms with Gasteiger partial charge in [0.15, 0.2) is 0 Å². The van der Waals surface area contributed by atoms with Crippen LogP contribution in [0.25, 0.3) is 0 Å². The lowest BCUT2D eigenvalue weighted by atomic mass is 10.1. The zero-order valence-corrected chi connectivity index (χ0v) is 10.6. The zero-order chi connectivity index (χ0) is 14.4. The second-order valence-corrected chi connectivity index (χ2v) is 4.10. The largest absolute Gasteiger partial charge is 0.478 e. The quantitative estimate of drug-likeness (QED) is 0.899. The maximum absolute atomic E-state index is 11.3. The van der Waals surface area contributed by atoms with Crippen molar-refractivity contribution >= 4 is 5.97 Å². The van der Waals surface area contributed by atoms with E-state index in [1.54, 1.807) is 42.6 Å². The van der Waals surface area contributed by atoms with Crippen molar-refractivity contribution in [1.29, 1.82) is 5.26 Å². The van der Waals surface area contributed by atoms with Crippen LogP contribution in [-0.4, -0.2) is 16.1 Å². The molecule has 0 spiro atoms. The summed E-state index contributed by atoms with van der Waals surface area (Å²) in [5.74, 6) is -0.651. The van der Waals surface area contributed by atoms with Crippen molar-refractivity contribution in [2.24, 2.45) is 0 Å². The number of nitriles is 1. The molecule has 5 nitrogen and oxygen atoms in total. The summed E-state index contributed by atoms with van der Waals surface area (Å²) in [5.41, 5.74) is 1.33. The molecule has 0 fully saturated rings. The van der Waals surface area contributed by atoms with Gasteiger partial charge in [0.1, 0.15) is 5.75 Å². The first-order valence-corrected chi connectivity index (χ1v) is 5.96. The second kappa shape index (κ2) is 6.34.